The molecule has 4 nitrogen and oxygen atoms in total. The summed E-state index contributed by atoms with van der Waals surface area (Å²) < 4.78 is 0.985. The summed E-state index contributed by atoms with van der Waals surface area (Å²) in [5, 5.41) is 2.70. The zero-order valence-corrected chi connectivity index (χ0v) is 12.9. The highest BCUT2D eigenvalue weighted by atomic mass is 79.9. The van der Waals surface area contributed by atoms with Gasteiger partial charge in [-0.15, -0.1) is 0 Å². The van der Waals surface area contributed by atoms with Crippen molar-refractivity contribution < 1.29 is 9.59 Å². The number of benzene rings is 1. The van der Waals surface area contributed by atoms with Gasteiger partial charge < -0.3 is 10.2 Å². The van der Waals surface area contributed by atoms with E-state index in [1.54, 1.807) is 4.90 Å². The highest BCUT2D eigenvalue weighted by molar-refractivity contribution is 9.10. The predicted molar refractivity (Wildman–Crippen MR) is 78.8 cm³/mol. The van der Waals surface area contributed by atoms with Crippen molar-refractivity contribution >= 4 is 27.7 Å². The maximum absolute atomic E-state index is 12.1. The summed E-state index contributed by atoms with van der Waals surface area (Å²) in [6.45, 7) is 4.97. The number of likely N-dealkylation sites (N-methyl/N-ethyl adjacent to an activating group) is 2. The molecule has 1 N–H and O–H groups in total. The molecule has 0 saturated heterocycles. The largest absolute Gasteiger partial charge is 0.355 e. The fourth-order valence-electron chi connectivity index (χ4n) is 1.69. The van der Waals surface area contributed by atoms with E-state index in [-0.39, 0.29) is 18.4 Å². The Morgan fingerprint density at radius 1 is 1.21 bits per heavy atom. The average Bonchev–Trinajstić information content (AvgIpc) is 2.39. The van der Waals surface area contributed by atoms with Crippen molar-refractivity contribution in [2.45, 2.75) is 20.3 Å². The third-order valence-corrected chi connectivity index (χ3v) is 3.24. The Kier molecular flexibility index (Phi) is 6.56. The minimum Gasteiger partial charge on any atom is -0.355 e. The molecule has 1 aromatic carbocycles. The van der Waals surface area contributed by atoms with Gasteiger partial charge in [0.25, 0.3) is 0 Å². The number of hydrogen-bond donors (Lipinski definition) is 1. The molecule has 0 fully saturated rings. The molecule has 0 spiro atoms. The predicted octanol–water partition coefficient (Wildman–Crippen LogP) is 1.98. The van der Waals surface area contributed by atoms with Gasteiger partial charge in [-0.25, -0.2) is 0 Å². The van der Waals surface area contributed by atoms with Crippen LogP contribution in [0.25, 0.3) is 0 Å². The SMILES string of the molecule is CCNC(=O)CN(CC)C(=O)Cc1ccc(Br)cc1. The van der Waals surface area contributed by atoms with E-state index in [0.29, 0.717) is 19.5 Å². The first-order chi connectivity index (χ1) is 9.06. The van der Waals surface area contributed by atoms with Gasteiger partial charge in [0.1, 0.15) is 0 Å². The van der Waals surface area contributed by atoms with Crippen LogP contribution >= 0.6 is 15.9 Å². The summed E-state index contributed by atoms with van der Waals surface area (Å²) in [6, 6.07) is 7.62. The lowest BCUT2D eigenvalue weighted by Gasteiger charge is -2.20. The van der Waals surface area contributed by atoms with Crippen LogP contribution in [0.3, 0.4) is 0 Å². The van der Waals surface area contributed by atoms with Gasteiger partial charge in [-0.2, -0.15) is 0 Å². The highest BCUT2D eigenvalue weighted by Gasteiger charge is 2.15. The van der Waals surface area contributed by atoms with Crippen LogP contribution in [0.15, 0.2) is 28.7 Å². The van der Waals surface area contributed by atoms with Crippen molar-refractivity contribution in [2.24, 2.45) is 0 Å². The maximum Gasteiger partial charge on any atom is 0.239 e. The van der Waals surface area contributed by atoms with Gasteiger partial charge >= 0.3 is 0 Å². The van der Waals surface area contributed by atoms with Gasteiger partial charge in [0.05, 0.1) is 13.0 Å². The van der Waals surface area contributed by atoms with Gasteiger partial charge in [-0.3, -0.25) is 9.59 Å². The number of hydrogen-bond acceptors (Lipinski definition) is 2. The van der Waals surface area contributed by atoms with E-state index in [4.69, 9.17) is 0 Å². The first kappa shape index (κ1) is 15.7. The molecule has 0 aliphatic rings. The Labute approximate surface area is 122 Å². The first-order valence-electron chi connectivity index (χ1n) is 6.35. The van der Waals surface area contributed by atoms with Crippen LogP contribution in [0.2, 0.25) is 0 Å². The number of amides is 2. The summed E-state index contributed by atoms with van der Waals surface area (Å²) in [7, 11) is 0. The molecule has 0 aromatic heterocycles. The van der Waals surface area contributed by atoms with Crippen molar-refractivity contribution in [1.82, 2.24) is 10.2 Å². The van der Waals surface area contributed by atoms with Crippen molar-refractivity contribution in [3.05, 3.63) is 34.3 Å². The summed E-state index contributed by atoms with van der Waals surface area (Å²) in [5.41, 5.74) is 0.947. The van der Waals surface area contributed by atoms with Crippen molar-refractivity contribution in [3.63, 3.8) is 0 Å². The minimum absolute atomic E-state index is 0.0314. The second-order valence-corrected chi connectivity index (χ2v) is 5.08. The van der Waals surface area contributed by atoms with Crippen LogP contribution in [0, 0.1) is 0 Å². The fourth-order valence-corrected chi connectivity index (χ4v) is 1.96. The van der Waals surface area contributed by atoms with Crippen molar-refractivity contribution in [2.75, 3.05) is 19.6 Å². The minimum atomic E-state index is -0.117. The van der Waals surface area contributed by atoms with E-state index < -0.39 is 0 Å². The van der Waals surface area contributed by atoms with Crippen molar-refractivity contribution in [3.8, 4) is 0 Å². The van der Waals surface area contributed by atoms with Crippen LogP contribution in [0.4, 0.5) is 0 Å². The zero-order chi connectivity index (χ0) is 14.3. The highest BCUT2D eigenvalue weighted by Crippen LogP contribution is 2.11. The molecule has 0 bridgehead atoms. The standard InChI is InChI=1S/C14H19BrN2O2/c1-3-16-13(18)10-17(4-2)14(19)9-11-5-7-12(15)8-6-11/h5-8H,3-4,9-10H2,1-2H3,(H,16,18). The van der Waals surface area contributed by atoms with Gasteiger partial charge in [0.2, 0.25) is 11.8 Å². The normalized spacial score (nSPS) is 10.1. The van der Waals surface area contributed by atoms with Crippen LogP contribution in [-0.4, -0.2) is 36.3 Å². The molecular weight excluding hydrogens is 308 g/mol. The molecule has 0 unspecified atom stereocenters. The smallest absolute Gasteiger partial charge is 0.239 e. The van der Waals surface area contributed by atoms with Crippen LogP contribution < -0.4 is 5.32 Å². The number of rotatable bonds is 6. The van der Waals surface area contributed by atoms with Crippen LogP contribution in [-0.2, 0) is 16.0 Å². The molecule has 5 heteroatoms. The Morgan fingerprint density at radius 2 is 1.84 bits per heavy atom. The summed E-state index contributed by atoms with van der Waals surface area (Å²) in [4.78, 5) is 25.2. The van der Waals surface area contributed by atoms with E-state index >= 15 is 0 Å². The Bertz CT molecular complexity index is 432. The lowest BCUT2D eigenvalue weighted by Crippen LogP contribution is -2.41. The molecule has 0 aliphatic heterocycles. The molecule has 0 atom stereocenters. The molecule has 104 valence electrons. The van der Waals surface area contributed by atoms with E-state index in [1.165, 1.54) is 0 Å². The molecule has 0 radical (unpaired) electrons. The van der Waals surface area contributed by atoms with E-state index in [0.717, 1.165) is 10.0 Å². The quantitative estimate of drug-likeness (QED) is 0.869. The number of carbonyl (C=O) groups excluding carboxylic acids is 2. The van der Waals surface area contributed by atoms with E-state index in [1.807, 2.05) is 38.1 Å². The lowest BCUT2D eigenvalue weighted by atomic mass is 10.1. The first-order valence-corrected chi connectivity index (χ1v) is 7.15. The number of halogens is 1. The Balaban J connectivity index is 2.58. The molecule has 19 heavy (non-hydrogen) atoms. The molecule has 0 aliphatic carbocycles. The zero-order valence-electron chi connectivity index (χ0n) is 11.3. The molecule has 1 rings (SSSR count). The van der Waals surface area contributed by atoms with Crippen LogP contribution in [0.1, 0.15) is 19.4 Å². The number of nitrogens with zero attached hydrogens (tertiary/aromatic N) is 1. The summed E-state index contributed by atoms with van der Waals surface area (Å²) >= 11 is 3.36. The fraction of sp³-hybridized carbons (Fsp3) is 0.429. The Morgan fingerprint density at radius 3 is 2.37 bits per heavy atom. The third kappa shape index (κ3) is 5.42. The van der Waals surface area contributed by atoms with Gasteiger partial charge in [-0.1, -0.05) is 28.1 Å². The second-order valence-electron chi connectivity index (χ2n) is 4.16. The number of carbonyl (C=O) groups is 2. The topological polar surface area (TPSA) is 49.4 Å². The van der Waals surface area contributed by atoms with Crippen molar-refractivity contribution in [1.29, 1.82) is 0 Å². The summed E-state index contributed by atoms with van der Waals surface area (Å²) in [5.74, 6) is -0.149. The van der Waals surface area contributed by atoms with E-state index in [9.17, 15) is 9.59 Å². The molecule has 2 amide bonds. The summed E-state index contributed by atoms with van der Waals surface area (Å²) in [6.07, 6.45) is 0.320. The molecule has 0 heterocycles. The second kappa shape index (κ2) is 7.94. The van der Waals surface area contributed by atoms with Gasteiger partial charge in [0, 0.05) is 17.6 Å². The van der Waals surface area contributed by atoms with Crippen LogP contribution in [0.5, 0.6) is 0 Å². The maximum atomic E-state index is 12.1. The number of nitrogens with one attached hydrogen (secondary N) is 1. The van der Waals surface area contributed by atoms with Gasteiger partial charge in [-0.05, 0) is 31.5 Å². The third-order valence-electron chi connectivity index (χ3n) is 2.71. The average molecular weight is 327 g/mol. The lowest BCUT2D eigenvalue weighted by molar-refractivity contribution is -0.135. The Hall–Kier alpha value is -1.36. The molecule has 1 aromatic rings. The van der Waals surface area contributed by atoms with E-state index in [2.05, 4.69) is 21.2 Å². The molecule has 0 saturated carbocycles. The molecular formula is C14H19BrN2O2. The van der Waals surface area contributed by atoms with Gasteiger partial charge in [0.15, 0.2) is 0 Å². The monoisotopic (exact) mass is 326 g/mol.